The first-order chi connectivity index (χ1) is 20.8. The van der Waals surface area contributed by atoms with E-state index < -0.39 is 0 Å². The van der Waals surface area contributed by atoms with E-state index >= 15 is 0 Å². The van der Waals surface area contributed by atoms with Gasteiger partial charge in [-0.15, -0.1) is 0 Å². The van der Waals surface area contributed by atoms with Crippen LogP contribution in [0.1, 0.15) is 22.3 Å². The first kappa shape index (κ1) is 26.5. The van der Waals surface area contributed by atoms with Crippen molar-refractivity contribution in [1.82, 2.24) is 4.98 Å². The van der Waals surface area contributed by atoms with Crippen LogP contribution >= 0.6 is 0 Å². The summed E-state index contributed by atoms with van der Waals surface area (Å²) in [5.74, 6) is 3.23. The number of aromatic amines is 1. The molecule has 0 amide bonds. The molecule has 4 nitrogen and oxygen atoms in total. The maximum Gasteiger partial charge on any atom is 0.230 e. The number of hydrogen-bond acceptors (Lipinski definition) is 3. The zero-order chi connectivity index (χ0) is 28.4. The van der Waals surface area contributed by atoms with Crippen LogP contribution in [0.2, 0.25) is 0 Å². The van der Waals surface area contributed by atoms with Crippen molar-refractivity contribution in [2.24, 2.45) is 0 Å². The summed E-state index contributed by atoms with van der Waals surface area (Å²) in [6.45, 7) is 0. The summed E-state index contributed by atoms with van der Waals surface area (Å²) in [5.41, 5.74) is 6.04. The van der Waals surface area contributed by atoms with Gasteiger partial charge in [-0.2, -0.15) is 0 Å². The Morgan fingerprint density at radius 3 is 1.52 bits per heavy atom. The van der Waals surface area contributed by atoms with Crippen LogP contribution in [0.3, 0.4) is 0 Å². The molecule has 0 fully saturated rings. The van der Waals surface area contributed by atoms with Crippen LogP contribution in [0.5, 0.6) is 23.0 Å². The van der Waals surface area contributed by atoms with E-state index in [1.54, 1.807) is 0 Å². The van der Waals surface area contributed by atoms with E-state index in [4.69, 9.17) is 9.47 Å². The Morgan fingerprint density at radius 2 is 0.952 bits per heavy atom. The van der Waals surface area contributed by atoms with Crippen molar-refractivity contribution in [1.29, 1.82) is 0 Å². The molecule has 0 saturated carbocycles. The zero-order valence-corrected chi connectivity index (χ0v) is 22.9. The van der Waals surface area contributed by atoms with E-state index in [-0.39, 0.29) is 0 Å². The highest BCUT2D eigenvalue weighted by molar-refractivity contribution is 5.74. The summed E-state index contributed by atoms with van der Waals surface area (Å²) >= 11 is 0. The fourth-order valence-electron chi connectivity index (χ4n) is 4.43. The van der Waals surface area contributed by atoms with Crippen molar-refractivity contribution in [2.75, 3.05) is 0 Å². The summed E-state index contributed by atoms with van der Waals surface area (Å²) in [7, 11) is 0. The van der Waals surface area contributed by atoms with Gasteiger partial charge in [0.25, 0.3) is 0 Å². The molecule has 0 saturated heterocycles. The van der Waals surface area contributed by atoms with Crippen molar-refractivity contribution in [3.05, 3.63) is 168 Å². The Balaban J connectivity index is 1.14. The number of nitrogens with one attached hydrogen (secondary N) is 1. The average Bonchev–Trinajstić information content (AvgIpc) is 3.04. The lowest BCUT2D eigenvalue weighted by atomic mass is 10.1. The predicted octanol–water partition coefficient (Wildman–Crippen LogP) is 9.49. The Morgan fingerprint density at radius 1 is 0.452 bits per heavy atom. The lowest BCUT2D eigenvalue weighted by Crippen LogP contribution is -2.06. The Hall–Kier alpha value is -5.74. The summed E-state index contributed by atoms with van der Waals surface area (Å²) in [5, 5.41) is 0. The Labute approximate surface area is 245 Å². The smallest absolute Gasteiger partial charge is 0.230 e. The van der Waals surface area contributed by atoms with Crippen molar-refractivity contribution in [2.45, 2.75) is 0 Å². The molecule has 6 rings (SSSR count). The van der Waals surface area contributed by atoms with Crippen LogP contribution in [-0.2, 0) is 0 Å². The molecule has 42 heavy (non-hydrogen) atoms. The van der Waals surface area contributed by atoms with E-state index in [9.17, 15) is 0 Å². The standard InChI is InChI=1S/C38H28N2O2/c1-3-11-33(12-4-1)41-35-15-7-9-29(25-35)17-19-31-21-23-39-37(27-31)38-28-32(22-24-40-38)20-18-30-10-8-16-36(26-30)42-34-13-5-2-6-14-34/h1-28H/p+1/b19-17+,20-18+. The molecule has 0 bridgehead atoms. The lowest BCUT2D eigenvalue weighted by Gasteiger charge is -2.06. The van der Waals surface area contributed by atoms with Gasteiger partial charge in [0.15, 0.2) is 6.20 Å². The molecule has 0 radical (unpaired) electrons. The molecule has 0 aliphatic carbocycles. The van der Waals surface area contributed by atoms with Gasteiger partial charge >= 0.3 is 0 Å². The van der Waals surface area contributed by atoms with Gasteiger partial charge in [0.05, 0.1) is 0 Å². The van der Waals surface area contributed by atoms with Gasteiger partial charge < -0.3 is 9.47 Å². The summed E-state index contributed by atoms with van der Waals surface area (Å²) in [4.78, 5) is 7.95. The van der Waals surface area contributed by atoms with E-state index in [1.165, 1.54) is 0 Å². The minimum Gasteiger partial charge on any atom is -0.457 e. The molecule has 2 aromatic heterocycles. The van der Waals surface area contributed by atoms with Crippen LogP contribution in [0, 0.1) is 0 Å². The van der Waals surface area contributed by atoms with Crippen molar-refractivity contribution >= 4 is 24.3 Å². The SMILES string of the molecule is C(=C\c1ccnc(-c2cc(/C=C/c3cccc(Oc4ccccc4)c3)cc[nH+]2)c1)/c1cccc(Oc2ccccc2)c1. The molecule has 0 atom stereocenters. The minimum atomic E-state index is 0.800. The van der Waals surface area contributed by atoms with Crippen LogP contribution < -0.4 is 14.5 Å². The van der Waals surface area contributed by atoms with Gasteiger partial charge in [-0.25, -0.2) is 9.97 Å². The quantitative estimate of drug-likeness (QED) is 0.182. The number of hydrogen-bond donors (Lipinski definition) is 0. The van der Waals surface area contributed by atoms with E-state index in [0.29, 0.717) is 0 Å². The van der Waals surface area contributed by atoms with Gasteiger partial charge in [0.1, 0.15) is 28.7 Å². The molecule has 0 spiro atoms. The molecular weight excluding hydrogens is 516 g/mol. The average molecular weight is 546 g/mol. The maximum atomic E-state index is 5.98. The monoisotopic (exact) mass is 545 g/mol. The molecule has 0 unspecified atom stereocenters. The third kappa shape index (κ3) is 7.26. The number of H-pyrrole nitrogens is 1. The highest BCUT2D eigenvalue weighted by atomic mass is 16.5. The molecular formula is C38H29N2O2+. The van der Waals surface area contributed by atoms with Crippen molar-refractivity contribution in [3.63, 3.8) is 0 Å². The minimum absolute atomic E-state index is 0.800. The van der Waals surface area contributed by atoms with E-state index in [0.717, 1.165) is 56.6 Å². The van der Waals surface area contributed by atoms with E-state index in [1.807, 2.05) is 122 Å². The Kier molecular flexibility index (Phi) is 8.24. The molecule has 4 aromatic carbocycles. The van der Waals surface area contributed by atoms with Gasteiger partial charge in [0, 0.05) is 18.3 Å². The number of ether oxygens (including phenoxy) is 2. The maximum absolute atomic E-state index is 5.98. The van der Waals surface area contributed by atoms with Gasteiger partial charge in [-0.05, 0) is 82.9 Å². The highest BCUT2D eigenvalue weighted by Crippen LogP contribution is 2.25. The van der Waals surface area contributed by atoms with Crippen LogP contribution in [0.25, 0.3) is 35.7 Å². The van der Waals surface area contributed by atoms with Crippen LogP contribution in [-0.4, -0.2) is 4.98 Å². The zero-order valence-electron chi connectivity index (χ0n) is 22.9. The largest absolute Gasteiger partial charge is 0.457 e. The molecule has 4 heteroatoms. The third-order valence-electron chi connectivity index (χ3n) is 6.50. The van der Waals surface area contributed by atoms with E-state index in [2.05, 4.69) is 58.5 Å². The van der Waals surface area contributed by atoms with Crippen LogP contribution in [0.15, 0.2) is 146 Å². The topological polar surface area (TPSA) is 45.5 Å². The molecule has 6 aromatic rings. The fraction of sp³-hybridized carbons (Fsp3) is 0. The van der Waals surface area contributed by atoms with Crippen molar-refractivity contribution < 1.29 is 14.5 Å². The third-order valence-corrected chi connectivity index (χ3v) is 6.50. The molecule has 2 heterocycles. The number of benzene rings is 4. The lowest BCUT2D eigenvalue weighted by molar-refractivity contribution is -0.364. The molecule has 0 aliphatic heterocycles. The van der Waals surface area contributed by atoms with Crippen molar-refractivity contribution in [3.8, 4) is 34.4 Å². The number of rotatable bonds is 9. The summed E-state index contributed by atoms with van der Waals surface area (Å²) in [6, 6.07) is 43.9. The second-order valence-corrected chi connectivity index (χ2v) is 9.65. The second kappa shape index (κ2) is 13.1. The molecule has 1 N–H and O–H groups in total. The number of nitrogens with zero attached hydrogens (tertiary/aromatic N) is 1. The van der Waals surface area contributed by atoms with Gasteiger partial charge in [0.2, 0.25) is 5.69 Å². The molecule has 0 aliphatic rings. The highest BCUT2D eigenvalue weighted by Gasteiger charge is 2.08. The molecule has 202 valence electrons. The van der Waals surface area contributed by atoms with Crippen LogP contribution in [0.4, 0.5) is 0 Å². The normalized spacial score (nSPS) is 11.1. The number of pyridine rings is 2. The number of aromatic nitrogens is 2. The Bertz CT molecular complexity index is 1690. The second-order valence-electron chi connectivity index (χ2n) is 9.65. The van der Waals surface area contributed by atoms with Gasteiger partial charge in [-0.1, -0.05) is 85.0 Å². The van der Waals surface area contributed by atoms with Gasteiger partial charge in [-0.3, -0.25) is 0 Å². The fourth-order valence-corrected chi connectivity index (χ4v) is 4.43. The summed E-state index contributed by atoms with van der Waals surface area (Å²) < 4.78 is 12.0. The number of para-hydroxylation sites is 2. The summed E-state index contributed by atoms with van der Waals surface area (Å²) in [6.07, 6.45) is 12.1. The first-order valence-electron chi connectivity index (χ1n) is 13.8. The predicted molar refractivity (Wildman–Crippen MR) is 170 cm³/mol. The first-order valence-corrected chi connectivity index (χ1v) is 13.8.